The molecule has 9 nitrogen and oxygen atoms in total. The molecular weight excluding hydrogens is 396 g/mol. The van der Waals surface area contributed by atoms with Gasteiger partial charge in [-0.3, -0.25) is 0 Å². The first-order valence-electron chi connectivity index (χ1n) is 10.1. The maximum absolute atomic E-state index is 9.64. The molecular formula is C21H36O9. The molecule has 1 aromatic rings. The number of unbranched alkanes of at least 4 members (excludes halogenated alkanes) is 1. The molecule has 5 N–H and O–H groups in total. The highest BCUT2D eigenvalue weighted by Crippen LogP contribution is 2.20. The number of rotatable bonds is 19. The molecule has 0 amide bonds. The van der Waals surface area contributed by atoms with Crippen molar-refractivity contribution in [1.82, 2.24) is 0 Å². The Hall–Kier alpha value is -1.14. The van der Waals surface area contributed by atoms with Gasteiger partial charge in [-0.25, -0.2) is 9.78 Å². The summed E-state index contributed by atoms with van der Waals surface area (Å²) < 4.78 is 11.2. The fourth-order valence-electron chi connectivity index (χ4n) is 2.36. The molecule has 0 atom stereocenters. The van der Waals surface area contributed by atoms with E-state index in [9.17, 15) is 25.5 Å². The number of benzene rings is 1. The van der Waals surface area contributed by atoms with Gasteiger partial charge in [0.1, 0.15) is 0 Å². The molecule has 0 radical (unpaired) electrons. The monoisotopic (exact) mass is 432 g/mol. The Bertz CT molecular complexity index is 510. The first-order valence-corrected chi connectivity index (χ1v) is 10.1. The van der Waals surface area contributed by atoms with E-state index in [1.165, 1.54) is 0 Å². The summed E-state index contributed by atoms with van der Waals surface area (Å²) in [6.07, 6.45) is 1.59. The highest BCUT2D eigenvalue weighted by atomic mass is 17.2. The molecule has 0 aliphatic rings. The summed E-state index contributed by atoms with van der Waals surface area (Å²) in [7, 11) is 0. The van der Waals surface area contributed by atoms with Crippen LogP contribution < -0.4 is 0 Å². The largest absolute Gasteiger partial charge is 0.396 e. The number of aliphatic hydroxyl groups is 5. The fraction of sp³-hybridized carbons (Fsp3) is 0.714. The minimum Gasteiger partial charge on any atom is -0.396 e. The van der Waals surface area contributed by atoms with Crippen molar-refractivity contribution >= 4 is 0 Å². The Labute approximate surface area is 177 Å². The predicted octanol–water partition coefficient (Wildman–Crippen LogP) is -0.117. The van der Waals surface area contributed by atoms with Crippen LogP contribution in [0.15, 0.2) is 30.3 Å². The van der Waals surface area contributed by atoms with Crippen molar-refractivity contribution in [3.8, 4) is 0 Å². The van der Waals surface area contributed by atoms with E-state index >= 15 is 0 Å². The Morgan fingerprint density at radius 2 is 1.10 bits per heavy atom. The predicted molar refractivity (Wildman–Crippen MR) is 108 cm³/mol. The van der Waals surface area contributed by atoms with Crippen LogP contribution >= 0.6 is 0 Å². The van der Waals surface area contributed by atoms with Crippen molar-refractivity contribution in [1.29, 1.82) is 0 Å². The van der Waals surface area contributed by atoms with Gasteiger partial charge in [-0.2, -0.15) is 0 Å². The van der Waals surface area contributed by atoms with E-state index in [0.717, 1.165) is 18.4 Å². The van der Waals surface area contributed by atoms with Crippen LogP contribution in [0.25, 0.3) is 0 Å². The normalized spacial score (nSPS) is 12.4. The maximum Gasteiger partial charge on any atom is 0.0944 e. The maximum atomic E-state index is 9.64. The summed E-state index contributed by atoms with van der Waals surface area (Å²) in [4.78, 5) is 10.0. The van der Waals surface area contributed by atoms with E-state index in [1.807, 2.05) is 30.3 Å². The molecule has 0 unspecified atom stereocenters. The van der Waals surface area contributed by atoms with E-state index in [-0.39, 0.29) is 33.0 Å². The second-order valence-corrected chi connectivity index (χ2v) is 7.61. The van der Waals surface area contributed by atoms with Crippen molar-refractivity contribution in [2.75, 3.05) is 66.1 Å². The van der Waals surface area contributed by atoms with Crippen molar-refractivity contribution in [3.05, 3.63) is 35.9 Å². The van der Waals surface area contributed by atoms with Crippen molar-refractivity contribution in [3.63, 3.8) is 0 Å². The van der Waals surface area contributed by atoms with Gasteiger partial charge in [0.25, 0.3) is 0 Å². The Morgan fingerprint density at radius 3 is 1.63 bits per heavy atom. The molecule has 0 aromatic heterocycles. The number of hydrogen-bond donors (Lipinski definition) is 5. The van der Waals surface area contributed by atoms with Crippen LogP contribution in [-0.2, 0) is 25.9 Å². The lowest BCUT2D eigenvalue weighted by Crippen LogP contribution is -2.42. The Balaban J connectivity index is 2.19. The SMILES string of the molecule is OCC(CO)(CO)COOCC(CO)(CO)COCCCCOCc1ccccc1. The molecule has 0 saturated heterocycles. The molecule has 0 aliphatic carbocycles. The Morgan fingerprint density at radius 1 is 0.600 bits per heavy atom. The van der Waals surface area contributed by atoms with Gasteiger partial charge in [-0.15, -0.1) is 0 Å². The van der Waals surface area contributed by atoms with E-state index in [1.54, 1.807) is 0 Å². The number of ether oxygens (including phenoxy) is 2. The van der Waals surface area contributed by atoms with Crippen LogP contribution in [0.4, 0.5) is 0 Å². The molecule has 0 heterocycles. The van der Waals surface area contributed by atoms with Gasteiger partial charge in [0.05, 0.1) is 70.3 Å². The van der Waals surface area contributed by atoms with Crippen molar-refractivity contribution in [2.24, 2.45) is 10.8 Å². The minimum absolute atomic E-state index is 0.0688. The van der Waals surface area contributed by atoms with Gasteiger partial charge < -0.3 is 35.0 Å². The molecule has 1 aromatic carbocycles. The molecule has 9 heteroatoms. The van der Waals surface area contributed by atoms with Gasteiger partial charge in [0, 0.05) is 13.2 Å². The average Bonchev–Trinajstić information content (AvgIpc) is 2.81. The number of aliphatic hydroxyl groups excluding tert-OH is 5. The summed E-state index contributed by atoms with van der Waals surface area (Å²) in [6.45, 7) is -0.891. The standard InChI is InChI=1S/C21H36O9/c22-11-20(12-23,13-24)17-29-30-18-21(14-25,15-26)16-28-9-5-4-8-27-10-19-6-2-1-3-7-19/h1-3,6-7,22-26H,4-5,8-18H2. The molecule has 0 fully saturated rings. The summed E-state index contributed by atoms with van der Waals surface area (Å²) >= 11 is 0. The molecule has 0 saturated carbocycles. The zero-order valence-electron chi connectivity index (χ0n) is 17.4. The van der Waals surface area contributed by atoms with Crippen molar-refractivity contribution < 1.29 is 44.8 Å². The molecule has 1 rings (SSSR count). The lowest BCUT2D eigenvalue weighted by atomic mass is 9.92. The molecule has 0 aliphatic heterocycles. The smallest absolute Gasteiger partial charge is 0.0944 e. The molecule has 30 heavy (non-hydrogen) atoms. The zero-order chi connectivity index (χ0) is 22.1. The Kier molecular flexibility index (Phi) is 14.0. The molecule has 0 spiro atoms. The fourth-order valence-corrected chi connectivity index (χ4v) is 2.36. The summed E-state index contributed by atoms with van der Waals surface area (Å²) in [5, 5.41) is 47.0. The van der Waals surface area contributed by atoms with Crippen LogP contribution in [0.1, 0.15) is 18.4 Å². The second kappa shape index (κ2) is 15.6. The minimum atomic E-state index is -1.22. The van der Waals surface area contributed by atoms with Crippen LogP contribution in [0.2, 0.25) is 0 Å². The van der Waals surface area contributed by atoms with Gasteiger partial charge in [-0.1, -0.05) is 30.3 Å². The van der Waals surface area contributed by atoms with E-state index in [4.69, 9.17) is 19.2 Å². The summed E-state index contributed by atoms with van der Waals surface area (Å²) in [5.41, 5.74) is -1.15. The zero-order valence-corrected chi connectivity index (χ0v) is 17.4. The lowest BCUT2D eigenvalue weighted by Gasteiger charge is -2.30. The van der Waals surface area contributed by atoms with Gasteiger partial charge in [-0.05, 0) is 18.4 Å². The third-order valence-corrected chi connectivity index (χ3v) is 4.84. The van der Waals surface area contributed by atoms with E-state index in [2.05, 4.69) is 0 Å². The van der Waals surface area contributed by atoms with E-state index in [0.29, 0.717) is 19.8 Å². The third-order valence-electron chi connectivity index (χ3n) is 4.84. The average molecular weight is 433 g/mol. The van der Waals surface area contributed by atoms with Gasteiger partial charge in [0.2, 0.25) is 0 Å². The van der Waals surface area contributed by atoms with Crippen molar-refractivity contribution in [2.45, 2.75) is 19.4 Å². The highest BCUT2D eigenvalue weighted by molar-refractivity contribution is 5.13. The van der Waals surface area contributed by atoms with Crippen LogP contribution in [0.5, 0.6) is 0 Å². The summed E-state index contributed by atoms with van der Waals surface area (Å²) in [5.74, 6) is 0. The van der Waals surface area contributed by atoms with Crippen LogP contribution in [0, 0.1) is 10.8 Å². The van der Waals surface area contributed by atoms with Crippen LogP contribution in [-0.4, -0.2) is 91.6 Å². The third kappa shape index (κ3) is 9.78. The second-order valence-electron chi connectivity index (χ2n) is 7.61. The van der Waals surface area contributed by atoms with E-state index < -0.39 is 30.7 Å². The quantitative estimate of drug-likeness (QED) is 0.115. The topological polar surface area (TPSA) is 138 Å². The summed E-state index contributed by atoms with van der Waals surface area (Å²) in [6, 6.07) is 9.92. The van der Waals surface area contributed by atoms with Gasteiger partial charge >= 0.3 is 0 Å². The lowest BCUT2D eigenvalue weighted by molar-refractivity contribution is -0.335. The van der Waals surface area contributed by atoms with Crippen LogP contribution in [0.3, 0.4) is 0 Å². The van der Waals surface area contributed by atoms with Gasteiger partial charge in [0.15, 0.2) is 0 Å². The number of hydrogen-bond acceptors (Lipinski definition) is 9. The molecule has 0 bridgehead atoms. The highest BCUT2D eigenvalue weighted by Gasteiger charge is 2.32. The first-order chi connectivity index (χ1) is 14.6. The molecule has 174 valence electrons. The first kappa shape index (κ1) is 26.9.